The van der Waals surface area contributed by atoms with Crippen molar-refractivity contribution in [3.05, 3.63) is 28.4 Å². The van der Waals surface area contributed by atoms with Crippen LogP contribution < -0.4 is 4.90 Å². The highest BCUT2D eigenvalue weighted by molar-refractivity contribution is 9.10. The van der Waals surface area contributed by atoms with E-state index in [-0.39, 0.29) is 5.50 Å². The average Bonchev–Trinajstić information content (AvgIpc) is 2.75. The molecule has 2 atom stereocenters. The van der Waals surface area contributed by atoms with Crippen molar-refractivity contribution in [3.8, 4) is 0 Å². The summed E-state index contributed by atoms with van der Waals surface area (Å²) in [5, 5.41) is 0. The summed E-state index contributed by atoms with van der Waals surface area (Å²) in [7, 11) is 2.15. The molecule has 5 heteroatoms. The number of hydrogen-bond acceptors (Lipinski definition) is 3. The number of hydrogen-bond donors (Lipinski definition) is 0. The molecule has 1 aromatic heterocycles. The topological polar surface area (TPSA) is 19.4 Å². The predicted octanol–water partition coefficient (Wildman–Crippen LogP) is 2.95. The molecule has 3 rings (SSSR count). The van der Waals surface area contributed by atoms with Gasteiger partial charge in [0.25, 0.3) is 0 Å². The third kappa shape index (κ3) is 2.17. The molecule has 18 heavy (non-hydrogen) atoms. The van der Waals surface area contributed by atoms with Gasteiger partial charge in [0, 0.05) is 18.2 Å². The number of nitrogens with zero attached hydrogens (tertiary/aromatic N) is 3. The van der Waals surface area contributed by atoms with Crippen LogP contribution in [0.2, 0.25) is 0 Å². The Balaban J connectivity index is 1.99. The third-order valence-corrected chi connectivity index (χ3v) is 4.37. The Morgan fingerprint density at radius 3 is 3.00 bits per heavy atom. The van der Waals surface area contributed by atoms with Crippen LogP contribution in [0, 0.1) is 0 Å². The van der Waals surface area contributed by atoms with Gasteiger partial charge in [-0.3, -0.25) is 0 Å². The molecule has 0 saturated carbocycles. The number of rotatable bonds is 1. The highest BCUT2D eigenvalue weighted by Gasteiger charge is 2.32. The molecule has 0 amide bonds. The van der Waals surface area contributed by atoms with Gasteiger partial charge in [-0.2, -0.15) is 0 Å². The van der Waals surface area contributed by atoms with Crippen molar-refractivity contribution in [3.63, 3.8) is 0 Å². The van der Waals surface area contributed by atoms with Crippen LogP contribution in [0.3, 0.4) is 0 Å². The number of anilines is 1. The molecule has 0 bridgehead atoms. The summed E-state index contributed by atoms with van der Waals surface area (Å²) in [6.45, 7) is 2.17. The molecule has 1 saturated heterocycles. The first-order valence-corrected chi connectivity index (χ1v) is 7.34. The maximum Gasteiger partial charge on any atom is 0.138 e. The van der Waals surface area contributed by atoms with Crippen LogP contribution in [0.25, 0.3) is 6.08 Å². The second-order valence-corrected chi connectivity index (χ2v) is 6.15. The van der Waals surface area contributed by atoms with Crippen molar-refractivity contribution >= 4 is 39.4 Å². The van der Waals surface area contributed by atoms with Crippen LogP contribution in [-0.4, -0.2) is 41.6 Å². The summed E-state index contributed by atoms with van der Waals surface area (Å²) in [5.74, 6) is 0.993. The molecule has 3 nitrogen and oxygen atoms in total. The molecule has 0 N–H and O–H groups in total. The van der Waals surface area contributed by atoms with E-state index < -0.39 is 0 Å². The first kappa shape index (κ1) is 12.5. The van der Waals surface area contributed by atoms with Gasteiger partial charge in [-0.1, -0.05) is 17.7 Å². The molecule has 0 aromatic carbocycles. The highest BCUT2D eigenvalue weighted by atomic mass is 79.9. The summed E-state index contributed by atoms with van der Waals surface area (Å²) >= 11 is 9.90. The minimum atomic E-state index is -0.101. The van der Waals surface area contributed by atoms with E-state index in [0.29, 0.717) is 6.04 Å². The fourth-order valence-corrected chi connectivity index (χ4v) is 3.30. The molecule has 0 radical (unpaired) electrons. The minimum Gasteiger partial charge on any atom is -0.332 e. The number of halogens is 2. The zero-order chi connectivity index (χ0) is 12.7. The quantitative estimate of drug-likeness (QED) is 0.449. The Kier molecular flexibility index (Phi) is 3.34. The van der Waals surface area contributed by atoms with E-state index in [2.05, 4.69) is 49.9 Å². The number of likely N-dealkylation sites (tertiary alicyclic amines) is 1. The Bertz CT molecular complexity index is 491. The van der Waals surface area contributed by atoms with Crippen LogP contribution >= 0.6 is 27.5 Å². The van der Waals surface area contributed by atoms with Gasteiger partial charge in [0.15, 0.2) is 0 Å². The average molecular weight is 329 g/mol. The van der Waals surface area contributed by atoms with E-state index in [4.69, 9.17) is 11.6 Å². The lowest BCUT2D eigenvalue weighted by Crippen LogP contribution is -2.43. The van der Waals surface area contributed by atoms with Crippen LogP contribution in [0.15, 0.2) is 22.8 Å². The Hall–Kier alpha value is -0.580. The van der Waals surface area contributed by atoms with E-state index in [1.165, 1.54) is 0 Å². The Morgan fingerprint density at radius 2 is 2.28 bits per heavy atom. The smallest absolute Gasteiger partial charge is 0.138 e. The van der Waals surface area contributed by atoms with Crippen LogP contribution in [-0.2, 0) is 0 Å². The van der Waals surface area contributed by atoms with Crippen molar-refractivity contribution in [2.75, 3.05) is 25.0 Å². The molecule has 0 spiro atoms. The lowest BCUT2D eigenvalue weighted by molar-refractivity contribution is 0.407. The fourth-order valence-electron chi connectivity index (χ4n) is 2.68. The zero-order valence-electron chi connectivity index (χ0n) is 10.2. The summed E-state index contributed by atoms with van der Waals surface area (Å²) < 4.78 is 0.858. The minimum absolute atomic E-state index is 0.101. The van der Waals surface area contributed by atoms with E-state index in [9.17, 15) is 0 Å². The number of alkyl halides is 1. The first-order chi connectivity index (χ1) is 8.65. The Labute approximate surface area is 121 Å². The van der Waals surface area contributed by atoms with Crippen LogP contribution in [0.4, 0.5) is 5.82 Å². The predicted molar refractivity (Wildman–Crippen MR) is 79.0 cm³/mol. The van der Waals surface area contributed by atoms with Gasteiger partial charge in [-0.05, 0) is 54.2 Å². The number of aromatic nitrogens is 1. The van der Waals surface area contributed by atoms with Gasteiger partial charge < -0.3 is 9.80 Å². The zero-order valence-corrected chi connectivity index (χ0v) is 12.5. The highest BCUT2D eigenvalue weighted by Crippen LogP contribution is 2.33. The first-order valence-electron chi connectivity index (χ1n) is 6.11. The van der Waals surface area contributed by atoms with Crippen molar-refractivity contribution < 1.29 is 0 Å². The largest absolute Gasteiger partial charge is 0.332 e. The van der Waals surface area contributed by atoms with E-state index in [1.54, 1.807) is 0 Å². The molecule has 2 aliphatic heterocycles. The van der Waals surface area contributed by atoms with E-state index in [0.717, 1.165) is 35.5 Å². The molecule has 96 valence electrons. The fraction of sp³-hybridized carbons (Fsp3) is 0.462. The van der Waals surface area contributed by atoms with Crippen molar-refractivity contribution in [1.82, 2.24) is 9.88 Å². The lowest BCUT2D eigenvalue weighted by Gasteiger charge is -2.36. The van der Waals surface area contributed by atoms with Gasteiger partial charge in [0.1, 0.15) is 15.9 Å². The van der Waals surface area contributed by atoms with Crippen LogP contribution in [0.1, 0.15) is 12.0 Å². The monoisotopic (exact) mass is 327 g/mol. The van der Waals surface area contributed by atoms with E-state index >= 15 is 0 Å². The molecule has 3 heterocycles. The SMILES string of the molecule is CN1CCC(N2c3nc(Br)ccc3C=CC2Cl)C1. The maximum atomic E-state index is 6.46. The van der Waals surface area contributed by atoms with Crippen LogP contribution in [0.5, 0.6) is 0 Å². The number of fused-ring (bicyclic) bond motifs is 1. The standard InChI is InChI=1S/C13H15BrClN3/c1-17-7-6-10(8-17)18-12(15)5-3-9-2-4-11(14)16-13(9)18/h2-5,10,12H,6-8H2,1H3. The van der Waals surface area contributed by atoms with Gasteiger partial charge in [0.05, 0.1) is 0 Å². The van der Waals surface area contributed by atoms with Crippen molar-refractivity contribution in [1.29, 1.82) is 0 Å². The molecule has 2 unspecified atom stereocenters. The van der Waals surface area contributed by atoms with Gasteiger partial charge in [0.2, 0.25) is 0 Å². The molecule has 2 aliphatic rings. The number of likely N-dealkylation sites (N-methyl/N-ethyl adjacent to an activating group) is 1. The summed E-state index contributed by atoms with van der Waals surface area (Å²) in [6, 6.07) is 4.50. The van der Waals surface area contributed by atoms with Crippen molar-refractivity contribution in [2.45, 2.75) is 18.0 Å². The molecular formula is C13H15BrClN3. The van der Waals surface area contributed by atoms with Crippen molar-refractivity contribution in [2.24, 2.45) is 0 Å². The molecular weight excluding hydrogens is 314 g/mol. The summed E-state index contributed by atoms with van der Waals surface area (Å²) in [4.78, 5) is 9.18. The lowest BCUT2D eigenvalue weighted by atomic mass is 10.1. The number of pyridine rings is 1. The third-order valence-electron chi connectivity index (χ3n) is 3.58. The van der Waals surface area contributed by atoms with E-state index in [1.807, 2.05) is 12.1 Å². The van der Waals surface area contributed by atoms with Gasteiger partial charge in [-0.25, -0.2) is 4.98 Å². The molecule has 0 aliphatic carbocycles. The Morgan fingerprint density at radius 1 is 1.44 bits per heavy atom. The summed E-state index contributed by atoms with van der Waals surface area (Å²) in [5.41, 5.74) is 1.04. The van der Waals surface area contributed by atoms with Gasteiger partial charge >= 0.3 is 0 Å². The molecule has 1 fully saturated rings. The normalized spacial score (nSPS) is 27.6. The maximum absolute atomic E-state index is 6.46. The molecule has 1 aromatic rings. The second kappa shape index (κ2) is 4.83. The summed E-state index contributed by atoms with van der Waals surface area (Å²) in [6.07, 6.45) is 5.24. The second-order valence-electron chi connectivity index (χ2n) is 4.89. The van der Waals surface area contributed by atoms with Gasteiger partial charge in [-0.15, -0.1) is 0 Å².